The summed E-state index contributed by atoms with van der Waals surface area (Å²) in [5.41, 5.74) is 0.872. The van der Waals surface area contributed by atoms with E-state index in [9.17, 15) is 14.4 Å². The maximum Gasteiger partial charge on any atom is 0.420 e. The lowest BCUT2D eigenvalue weighted by molar-refractivity contribution is -0.141. The smallest absolute Gasteiger partial charge is 0.420 e. The third kappa shape index (κ3) is 2.65. The third-order valence-corrected chi connectivity index (χ3v) is 2.62. The zero-order chi connectivity index (χ0) is 14.0. The predicted octanol–water partition coefficient (Wildman–Crippen LogP) is 0.184. The fourth-order valence-electron chi connectivity index (χ4n) is 1.66. The topological polar surface area (TPSA) is 102 Å². The lowest BCUT2D eigenvalue weighted by atomic mass is 10.3. The van der Waals surface area contributed by atoms with Gasteiger partial charge in [-0.3, -0.25) is 14.2 Å². The Morgan fingerprint density at radius 2 is 2.11 bits per heavy atom. The molecule has 0 aliphatic carbocycles. The van der Waals surface area contributed by atoms with Crippen molar-refractivity contribution in [1.82, 2.24) is 9.88 Å². The number of amides is 1. The second-order valence-electron chi connectivity index (χ2n) is 4.05. The van der Waals surface area contributed by atoms with Gasteiger partial charge in [-0.25, -0.2) is 4.79 Å². The second-order valence-corrected chi connectivity index (χ2v) is 4.05. The van der Waals surface area contributed by atoms with E-state index in [2.05, 4.69) is 5.32 Å². The van der Waals surface area contributed by atoms with Gasteiger partial charge < -0.3 is 14.8 Å². The Bertz CT molecular complexity index is 685. The van der Waals surface area contributed by atoms with Crippen LogP contribution in [0.25, 0.3) is 11.1 Å². The highest BCUT2D eigenvalue weighted by Gasteiger charge is 2.16. The molecule has 0 saturated heterocycles. The molecule has 1 heterocycles. The summed E-state index contributed by atoms with van der Waals surface area (Å²) in [4.78, 5) is 33.9. The van der Waals surface area contributed by atoms with Gasteiger partial charge in [0, 0.05) is 0 Å². The number of carboxylic acids is 1. The monoisotopic (exact) mass is 264 g/mol. The van der Waals surface area contributed by atoms with Crippen LogP contribution in [0, 0.1) is 0 Å². The molecule has 2 rings (SSSR count). The van der Waals surface area contributed by atoms with Crippen molar-refractivity contribution in [1.29, 1.82) is 0 Å². The molecular weight excluding hydrogens is 252 g/mol. The summed E-state index contributed by atoms with van der Waals surface area (Å²) in [5, 5.41) is 11.0. The summed E-state index contributed by atoms with van der Waals surface area (Å²) < 4.78 is 6.12. The van der Waals surface area contributed by atoms with Gasteiger partial charge in [-0.05, 0) is 19.1 Å². The lowest BCUT2D eigenvalue weighted by Crippen LogP contribution is -2.41. The van der Waals surface area contributed by atoms with E-state index in [1.54, 1.807) is 24.3 Å². The van der Waals surface area contributed by atoms with E-state index in [4.69, 9.17) is 9.52 Å². The molecular formula is C12H12N2O5. The summed E-state index contributed by atoms with van der Waals surface area (Å²) in [6.45, 7) is 1.06. The van der Waals surface area contributed by atoms with Crippen LogP contribution in [0.2, 0.25) is 0 Å². The minimum Gasteiger partial charge on any atom is -0.480 e. The highest BCUT2D eigenvalue weighted by Crippen LogP contribution is 2.11. The highest BCUT2D eigenvalue weighted by atomic mass is 16.4. The van der Waals surface area contributed by atoms with Gasteiger partial charge in [0.1, 0.15) is 12.6 Å². The molecule has 0 aliphatic heterocycles. The third-order valence-electron chi connectivity index (χ3n) is 2.62. The normalized spacial score (nSPS) is 12.3. The van der Waals surface area contributed by atoms with Crippen LogP contribution in [-0.2, 0) is 16.1 Å². The molecule has 1 amide bonds. The van der Waals surface area contributed by atoms with E-state index in [-0.39, 0.29) is 6.54 Å². The van der Waals surface area contributed by atoms with Gasteiger partial charge in [0.25, 0.3) is 0 Å². The van der Waals surface area contributed by atoms with Crippen LogP contribution in [0.3, 0.4) is 0 Å². The Morgan fingerprint density at radius 3 is 2.79 bits per heavy atom. The SMILES string of the molecule is C[C@H](NC(=O)Cn1c(=O)oc2ccccc21)C(=O)O. The number of nitrogens with zero attached hydrogens (tertiary/aromatic N) is 1. The van der Waals surface area contributed by atoms with Crippen LogP contribution in [0.1, 0.15) is 6.92 Å². The summed E-state index contributed by atoms with van der Waals surface area (Å²) in [6.07, 6.45) is 0. The Labute approximate surface area is 107 Å². The first kappa shape index (κ1) is 12.9. The standard InChI is InChI=1S/C12H12N2O5/c1-7(11(16)17)13-10(15)6-14-8-4-2-3-5-9(8)19-12(14)18/h2-5,7H,6H2,1H3,(H,13,15)(H,16,17)/t7-/m0/s1. The van der Waals surface area contributed by atoms with Gasteiger partial charge in [0.2, 0.25) is 5.91 Å². The van der Waals surface area contributed by atoms with Crippen LogP contribution in [-0.4, -0.2) is 27.6 Å². The molecule has 0 saturated carbocycles. The first-order chi connectivity index (χ1) is 8.99. The molecule has 0 bridgehead atoms. The number of hydrogen-bond acceptors (Lipinski definition) is 4. The number of oxazole rings is 1. The van der Waals surface area contributed by atoms with Gasteiger partial charge in [-0.1, -0.05) is 12.1 Å². The molecule has 1 aromatic carbocycles. The quantitative estimate of drug-likeness (QED) is 0.820. The van der Waals surface area contributed by atoms with E-state index in [1.165, 1.54) is 6.92 Å². The predicted molar refractivity (Wildman–Crippen MR) is 65.7 cm³/mol. The molecule has 2 aromatic rings. The van der Waals surface area contributed by atoms with Crippen molar-refractivity contribution in [2.45, 2.75) is 19.5 Å². The second kappa shape index (κ2) is 4.97. The lowest BCUT2D eigenvalue weighted by Gasteiger charge is -2.09. The summed E-state index contributed by atoms with van der Waals surface area (Å²) in [7, 11) is 0. The number of nitrogens with one attached hydrogen (secondary N) is 1. The van der Waals surface area contributed by atoms with Crippen molar-refractivity contribution >= 4 is 23.0 Å². The van der Waals surface area contributed by atoms with Gasteiger partial charge in [0.15, 0.2) is 5.58 Å². The molecule has 0 spiro atoms. The Kier molecular flexibility index (Phi) is 3.37. The Hall–Kier alpha value is -2.57. The van der Waals surface area contributed by atoms with Crippen LogP contribution in [0.4, 0.5) is 0 Å². The van der Waals surface area contributed by atoms with Crippen molar-refractivity contribution in [2.24, 2.45) is 0 Å². The van der Waals surface area contributed by atoms with E-state index in [1.807, 2.05) is 0 Å². The van der Waals surface area contributed by atoms with Gasteiger partial charge in [-0.2, -0.15) is 0 Å². The van der Waals surface area contributed by atoms with Crippen molar-refractivity contribution < 1.29 is 19.1 Å². The number of rotatable bonds is 4. The van der Waals surface area contributed by atoms with Crippen LogP contribution in [0.15, 0.2) is 33.5 Å². The van der Waals surface area contributed by atoms with E-state index < -0.39 is 23.7 Å². The molecule has 0 aliphatic rings. The first-order valence-electron chi connectivity index (χ1n) is 5.59. The molecule has 7 nitrogen and oxygen atoms in total. The maximum absolute atomic E-state index is 11.6. The summed E-state index contributed by atoms with van der Waals surface area (Å²) in [6, 6.07) is 5.67. The van der Waals surface area contributed by atoms with Crippen LogP contribution >= 0.6 is 0 Å². The van der Waals surface area contributed by atoms with Gasteiger partial charge >= 0.3 is 11.7 Å². The largest absolute Gasteiger partial charge is 0.480 e. The average molecular weight is 264 g/mol. The van der Waals surface area contributed by atoms with Crippen molar-refractivity contribution in [2.75, 3.05) is 0 Å². The number of aliphatic carboxylic acids is 1. The number of benzene rings is 1. The Balaban J connectivity index is 2.22. The molecule has 7 heteroatoms. The zero-order valence-corrected chi connectivity index (χ0v) is 10.1. The highest BCUT2D eigenvalue weighted by molar-refractivity contribution is 5.84. The number of hydrogen-bond donors (Lipinski definition) is 2. The number of aromatic nitrogens is 1. The minimum atomic E-state index is -1.14. The van der Waals surface area contributed by atoms with Crippen LogP contribution in [0.5, 0.6) is 0 Å². The molecule has 0 unspecified atom stereocenters. The van der Waals surface area contributed by atoms with Gasteiger partial charge in [0.05, 0.1) is 5.52 Å². The van der Waals surface area contributed by atoms with E-state index >= 15 is 0 Å². The summed E-state index contributed by atoms with van der Waals surface area (Å²) in [5.74, 6) is -2.36. The Morgan fingerprint density at radius 1 is 1.42 bits per heavy atom. The zero-order valence-electron chi connectivity index (χ0n) is 10.1. The minimum absolute atomic E-state index is 0.284. The van der Waals surface area contributed by atoms with Crippen molar-refractivity contribution in [3.8, 4) is 0 Å². The molecule has 0 radical (unpaired) electrons. The number of para-hydroxylation sites is 2. The van der Waals surface area contributed by atoms with Crippen molar-refractivity contribution in [3.05, 3.63) is 34.8 Å². The molecule has 19 heavy (non-hydrogen) atoms. The molecule has 2 N–H and O–H groups in total. The van der Waals surface area contributed by atoms with Crippen molar-refractivity contribution in [3.63, 3.8) is 0 Å². The molecule has 0 fully saturated rings. The number of carboxylic acid groups (broad SMARTS) is 1. The first-order valence-corrected chi connectivity index (χ1v) is 5.59. The number of carbonyl (C=O) groups is 2. The molecule has 1 aromatic heterocycles. The fraction of sp³-hybridized carbons (Fsp3) is 0.250. The number of carbonyl (C=O) groups excluding carboxylic acids is 1. The van der Waals surface area contributed by atoms with E-state index in [0.717, 1.165) is 4.57 Å². The van der Waals surface area contributed by atoms with Gasteiger partial charge in [-0.15, -0.1) is 0 Å². The number of fused-ring (bicyclic) bond motifs is 1. The maximum atomic E-state index is 11.6. The molecule has 1 atom stereocenters. The fourth-order valence-corrected chi connectivity index (χ4v) is 1.66. The van der Waals surface area contributed by atoms with E-state index in [0.29, 0.717) is 11.1 Å². The average Bonchev–Trinajstić information content (AvgIpc) is 2.66. The molecule has 100 valence electrons. The van der Waals surface area contributed by atoms with Crippen LogP contribution < -0.4 is 11.1 Å². The summed E-state index contributed by atoms with van der Waals surface area (Å²) >= 11 is 0.